The van der Waals surface area contributed by atoms with Gasteiger partial charge in [-0.15, -0.1) is 0 Å². The molecule has 0 N–H and O–H groups in total. The van der Waals surface area contributed by atoms with Gasteiger partial charge in [0, 0.05) is 27.5 Å². The van der Waals surface area contributed by atoms with Gasteiger partial charge in [-0.05, 0) is 56.6 Å². The van der Waals surface area contributed by atoms with E-state index >= 15 is 0 Å². The lowest BCUT2D eigenvalue weighted by Crippen LogP contribution is -2.01. The summed E-state index contributed by atoms with van der Waals surface area (Å²) in [6, 6.07) is 48.1. The maximum atomic E-state index is 6.23. The van der Waals surface area contributed by atoms with Crippen LogP contribution in [0.3, 0.4) is 0 Å². The molecule has 0 aliphatic rings. The number of furan rings is 1. The molecule has 2 aromatic heterocycles. The van der Waals surface area contributed by atoms with Crippen LogP contribution in [0.1, 0.15) is 0 Å². The molecule has 0 spiro atoms. The Morgan fingerprint density at radius 2 is 0.977 bits per heavy atom. The van der Waals surface area contributed by atoms with E-state index in [0.29, 0.717) is 17.5 Å². The molecule has 0 aliphatic carbocycles. The minimum absolute atomic E-state index is 0.605. The molecule has 0 amide bonds. The van der Waals surface area contributed by atoms with Crippen molar-refractivity contribution in [1.29, 1.82) is 0 Å². The van der Waals surface area contributed by atoms with Gasteiger partial charge < -0.3 is 4.42 Å². The number of hydrogen-bond acceptors (Lipinski definition) is 4. The van der Waals surface area contributed by atoms with Crippen LogP contribution < -0.4 is 0 Å². The van der Waals surface area contributed by atoms with Gasteiger partial charge in [-0.3, -0.25) is 0 Å². The van der Waals surface area contributed by atoms with E-state index in [4.69, 9.17) is 19.4 Å². The Kier molecular flexibility index (Phi) is 5.16. The van der Waals surface area contributed by atoms with Crippen molar-refractivity contribution in [1.82, 2.24) is 15.0 Å². The van der Waals surface area contributed by atoms with E-state index in [0.717, 1.165) is 54.8 Å². The van der Waals surface area contributed by atoms with Crippen LogP contribution in [-0.4, -0.2) is 15.0 Å². The van der Waals surface area contributed by atoms with Crippen molar-refractivity contribution in [3.63, 3.8) is 0 Å². The monoisotopic (exact) mass is 549 g/mol. The smallest absolute Gasteiger partial charge is 0.165 e. The van der Waals surface area contributed by atoms with Crippen LogP contribution in [0.4, 0.5) is 0 Å². The lowest BCUT2D eigenvalue weighted by Gasteiger charge is -2.14. The summed E-state index contributed by atoms with van der Waals surface area (Å²) in [5, 5.41) is 9.13. The Bertz CT molecular complexity index is 2510. The third-order valence-corrected chi connectivity index (χ3v) is 8.30. The molecular formula is C39H23N3O. The summed E-state index contributed by atoms with van der Waals surface area (Å²) in [6.45, 7) is 0. The van der Waals surface area contributed by atoms with Gasteiger partial charge in [-0.1, -0.05) is 115 Å². The van der Waals surface area contributed by atoms with Gasteiger partial charge in [0.1, 0.15) is 11.2 Å². The van der Waals surface area contributed by atoms with Gasteiger partial charge in [-0.2, -0.15) is 0 Å². The van der Waals surface area contributed by atoms with Crippen molar-refractivity contribution in [2.75, 3.05) is 0 Å². The molecule has 200 valence electrons. The van der Waals surface area contributed by atoms with E-state index in [9.17, 15) is 0 Å². The quantitative estimate of drug-likeness (QED) is 0.162. The largest absolute Gasteiger partial charge is 0.456 e. The topological polar surface area (TPSA) is 51.8 Å². The van der Waals surface area contributed by atoms with Crippen LogP contribution in [0.15, 0.2) is 144 Å². The Balaban J connectivity index is 1.36. The summed E-state index contributed by atoms with van der Waals surface area (Å²) in [6.07, 6.45) is 0. The highest BCUT2D eigenvalue weighted by Gasteiger charge is 2.19. The average molecular weight is 550 g/mol. The van der Waals surface area contributed by atoms with Crippen LogP contribution in [0.2, 0.25) is 0 Å². The second kappa shape index (κ2) is 9.33. The van der Waals surface area contributed by atoms with Crippen LogP contribution >= 0.6 is 0 Å². The third-order valence-electron chi connectivity index (χ3n) is 8.30. The first-order valence-corrected chi connectivity index (χ1v) is 14.4. The van der Waals surface area contributed by atoms with E-state index in [1.165, 1.54) is 16.2 Å². The van der Waals surface area contributed by atoms with Crippen molar-refractivity contribution < 1.29 is 4.42 Å². The SMILES string of the molecule is c1ccc(-c2nc(-c3ccc4c(c3)oc3ccccc34)nc(-c3c4ccccc4cc4c3ccc3ccccc34)n2)cc1. The van der Waals surface area contributed by atoms with Crippen LogP contribution in [0, 0.1) is 0 Å². The number of fused-ring (bicyclic) bond motifs is 7. The maximum Gasteiger partial charge on any atom is 0.165 e. The molecule has 0 saturated heterocycles. The molecule has 9 aromatic rings. The molecule has 0 fully saturated rings. The second-order valence-corrected chi connectivity index (χ2v) is 10.8. The molecule has 7 aromatic carbocycles. The highest BCUT2D eigenvalue weighted by Crippen LogP contribution is 2.39. The minimum atomic E-state index is 0.605. The fraction of sp³-hybridized carbons (Fsp3) is 0. The van der Waals surface area contributed by atoms with Crippen LogP contribution in [-0.2, 0) is 0 Å². The number of aromatic nitrogens is 3. The zero-order chi connectivity index (χ0) is 28.3. The molecule has 0 atom stereocenters. The summed E-state index contributed by atoms with van der Waals surface area (Å²) in [4.78, 5) is 15.3. The zero-order valence-corrected chi connectivity index (χ0v) is 23.0. The first-order valence-electron chi connectivity index (χ1n) is 14.4. The first-order chi connectivity index (χ1) is 21.3. The second-order valence-electron chi connectivity index (χ2n) is 10.8. The maximum absolute atomic E-state index is 6.23. The highest BCUT2D eigenvalue weighted by molar-refractivity contribution is 6.19. The molecule has 0 saturated carbocycles. The fourth-order valence-corrected chi connectivity index (χ4v) is 6.26. The average Bonchev–Trinajstić information content (AvgIpc) is 3.45. The predicted octanol–water partition coefficient (Wildman–Crippen LogP) is 10.2. The Hall–Kier alpha value is -5.87. The van der Waals surface area contributed by atoms with Crippen molar-refractivity contribution >= 4 is 54.3 Å². The molecule has 0 bridgehead atoms. The zero-order valence-electron chi connectivity index (χ0n) is 23.0. The van der Waals surface area contributed by atoms with Gasteiger partial charge >= 0.3 is 0 Å². The van der Waals surface area contributed by atoms with E-state index in [2.05, 4.69) is 84.9 Å². The minimum Gasteiger partial charge on any atom is -0.456 e. The van der Waals surface area contributed by atoms with Crippen LogP contribution in [0.5, 0.6) is 0 Å². The Morgan fingerprint density at radius 3 is 1.84 bits per heavy atom. The Morgan fingerprint density at radius 1 is 0.349 bits per heavy atom. The predicted molar refractivity (Wildman–Crippen MR) is 176 cm³/mol. The fourth-order valence-electron chi connectivity index (χ4n) is 6.26. The molecule has 9 rings (SSSR count). The summed E-state index contributed by atoms with van der Waals surface area (Å²) < 4.78 is 6.23. The van der Waals surface area contributed by atoms with E-state index < -0.39 is 0 Å². The number of nitrogens with zero attached hydrogens (tertiary/aromatic N) is 3. The van der Waals surface area contributed by atoms with Crippen molar-refractivity contribution in [2.45, 2.75) is 0 Å². The summed E-state index contributed by atoms with van der Waals surface area (Å²) in [5.41, 5.74) is 4.49. The number of benzene rings is 7. The lowest BCUT2D eigenvalue weighted by atomic mass is 9.93. The first kappa shape index (κ1) is 23.8. The van der Waals surface area contributed by atoms with E-state index in [1.807, 2.05) is 54.6 Å². The number of hydrogen-bond donors (Lipinski definition) is 0. The molecule has 0 radical (unpaired) electrons. The van der Waals surface area contributed by atoms with Crippen molar-refractivity contribution in [3.8, 4) is 34.2 Å². The van der Waals surface area contributed by atoms with Gasteiger partial charge in [-0.25, -0.2) is 15.0 Å². The summed E-state index contributed by atoms with van der Waals surface area (Å²) in [7, 11) is 0. The standard InChI is InChI=1S/C39H23N3O/c1-2-11-25(12-3-1)37-40-38(27-19-20-31-30-16-8-9-17-34(30)43-35(31)23-27)42-39(41-37)36-29-15-7-5-13-26(29)22-33-28-14-6-4-10-24(28)18-21-32(33)36/h1-23H. The lowest BCUT2D eigenvalue weighted by molar-refractivity contribution is 0.669. The van der Waals surface area contributed by atoms with E-state index in [1.54, 1.807) is 0 Å². The molecule has 2 heterocycles. The van der Waals surface area contributed by atoms with Gasteiger partial charge in [0.15, 0.2) is 17.5 Å². The highest BCUT2D eigenvalue weighted by atomic mass is 16.3. The number of rotatable bonds is 3. The van der Waals surface area contributed by atoms with Crippen molar-refractivity contribution in [3.05, 3.63) is 140 Å². The summed E-state index contributed by atoms with van der Waals surface area (Å²) in [5.74, 6) is 1.88. The number of para-hydroxylation sites is 1. The third kappa shape index (κ3) is 3.81. The molecule has 0 aliphatic heterocycles. The molecule has 4 heteroatoms. The normalized spacial score (nSPS) is 11.7. The van der Waals surface area contributed by atoms with E-state index in [-0.39, 0.29) is 0 Å². The van der Waals surface area contributed by atoms with Crippen LogP contribution in [0.25, 0.3) is 88.4 Å². The molecular weight excluding hydrogens is 526 g/mol. The molecule has 0 unspecified atom stereocenters. The molecule has 43 heavy (non-hydrogen) atoms. The Labute approximate surface area is 246 Å². The van der Waals surface area contributed by atoms with Gasteiger partial charge in [0.05, 0.1) is 0 Å². The van der Waals surface area contributed by atoms with Gasteiger partial charge in [0.25, 0.3) is 0 Å². The van der Waals surface area contributed by atoms with Gasteiger partial charge in [0.2, 0.25) is 0 Å². The summed E-state index contributed by atoms with van der Waals surface area (Å²) >= 11 is 0. The van der Waals surface area contributed by atoms with Crippen molar-refractivity contribution in [2.24, 2.45) is 0 Å². The molecule has 4 nitrogen and oxygen atoms in total.